The van der Waals surface area contributed by atoms with Gasteiger partial charge in [0.05, 0.1) is 5.92 Å². The number of nitrogens with two attached hydrogens (primary N) is 2. The molecule has 0 spiro atoms. The van der Waals surface area contributed by atoms with Crippen molar-refractivity contribution in [2.75, 3.05) is 0 Å². The summed E-state index contributed by atoms with van der Waals surface area (Å²) in [6.07, 6.45) is -2.46. The van der Waals surface area contributed by atoms with Crippen molar-refractivity contribution < 1.29 is 18.0 Å². The molecule has 2 aromatic carbocycles. The number of aldehydes is 1. The number of hydrogen-bond donors (Lipinski definition) is 2. The highest BCUT2D eigenvalue weighted by molar-refractivity contribution is 5.80. The van der Waals surface area contributed by atoms with E-state index in [0.29, 0.717) is 10.8 Å². The smallest absolute Gasteiger partial charge is 0.396 e. The second kappa shape index (κ2) is 7.01. The molecule has 0 saturated carbocycles. The molecule has 0 fully saturated rings. The molecule has 6 heteroatoms. The van der Waals surface area contributed by atoms with Gasteiger partial charge in [0.15, 0.2) is 0 Å². The molecule has 0 aliphatic rings. The Morgan fingerprint density at radius 2 is 1.84 bits per heavy atom. The standard InChI is InChI=1S/C19H19F3N2O/c1-11-3-4-13(10-25)7-17(11)14-5-6-16(15(8-14)9-23)18(24)12(2)19(20,21)22/h3-10,12H,23-24H2,1-2H3/b15-9-,18-16-. The van der Waals surface area contributed by atoms with Crippen LogP contribution >= 0.6 is 0 Å². The molecule has 0 radical (unpaired) electrons. The third-order valence-corrected chi connectivity index (χ3v) is 4.21. The summed E-state index contributed by atoms with van der Waals surface area (Å²) in [6, 6.07) is 10.1. The first-order valence-electron chi connectivity index (χ1n) is 7.63. The Morgan fingerprint density at radius 1 is 1.16 bits per heavy atom. The van der Waals surface area contributed by atoms with E-state index < -0.39 is 12.1 Å². The van der Waals surface area contributed by atoms with Crippen molar-refractivity contribution in [3.63, 3.8) is 0 Å². The molecule has 0 bridgehead atoms. The number of carbonyl (C=O) groups excluding carboxylic acids is 1. The first-order chi connectivity index (χ1) is 11.7. The van der Waals surface area contributed by atoms with Gasteiger partial charge in [0.2, 0.25) is 0 Å². The molecule has 1 atom stereocenters. The molecule has 2 rings (SSSR count). The average molecular weight is 348 g/mol. The van der Waals surface area contributed by atoms with Crippen LogP contribution in [0.25, 0.3) is 23.0 Å². The highest BCUT2D eigenvalue weighted by Crippen LogP contribution is 2.29. The molecule has 132 valence electrons. The zero-order chi connectivity index (χ0) is 18.8. The van der Waals surface area contributed by atoms with Crippen LogP contribution in [0.2, 0.25) is 0 Å². The van der Waals surface area contributed by atoms with E-state index in [0.717, 1.165) is 29.9 Å². The molecule has 0 aromatic heterocycles. The van der Waals surface area contributed by atoms with Gasteiger partial charge in [-0.3, -0.25) is 4.79 Å². The summed E-state index contributed by atoms with van der Waals surface area (Å²) in [5, 5.41) is 0.655. The SMILES string of the molecule is Cc1ccc(C=O)cc1-c1ccc(=C(/N)C(C)C(F)(F)F)/c(=C\N)c1. The fourth-order valence-corrected chi connectivity index (χ4v) is 2.56. The second-order valence-corrected chi connectivity index (χ2v) is 5.88. The molecular formula is C19H19F3N2O. The molecule has 25 heavy (non-hydrogen) atoms. The maximum Gasteiger partial charge on any atom is 0.396 e. The van der Waals surface area contributed by atoms with Crippen LogP contribution < -0.4 is 21.9 Å². The Bertz CT molecular complexity index is 917. The maximum atomic E-state index is 12.9. The normalized spacial score (nSPS) is 15.0. The van der Waals surface area contributed by atoms with Gasteiger partial charge in [-0.25, -0.2) is 0 Å². The Hall–Kier alpha value is -2.76. The maximum absolute atomic E-state index is 12.9. The van der Waals surface area contributed by atoms with Crippen LogP contribution in [0.4, 0.5) is 13.2 Å². The lowest BCUT2D eigenvalue weighted by molar-refractivity contribution is -0.154. The van der Waals surface area contributed by atoms with E-state index in [1.807, 2.05) is 13.0 Å². The summed E-state index contributed by atoms with van der Waals surface area (Å²) < 4.78 is 38.8. The van der Waals surface area contributed by atoms with Gasteiger partial charge in [0.25, 0.3) is 0 Å². The summed E-state index contributed by atoms with van der Waals surface area (Å²) in [7, 11) is 0. The van der Waals surface area contributed by atoms with Crippen LogP contribution in [-0.4, -0.2) is 12.5 Å². The fourth-order valence-electron chi connectivity index (χ4n) is 2.56. The van der Waals surface area contributed by atoms with E-state index in [2.05, 4.69) is 0 Å². The summed E-state index contributed by atoms with van der Waals surface area (Å²) in [6.45, 7) is 2.90. The van der Waals surface area contributed by atoms with E-state index in [1.54, 1.807) is 24.3 Å². The summed E-state index contributed by atoms with van der Waals surface area (Å²) in [5.41, 5.74) is 14.1. The van der Waals surface area contributed by atoms with Gasteiger partial charge < -0.3 is 11.5 Å². The molecule has 2 aromatic rings. The van der Waals surface area contributed by atoms with Crippen molar-refractivity contribution in [1.29, 1.82) is 0 Å². The molecule has 0 heterocycles. The third-order valence-electron chi connectivity index (χ3n) is 4.21. The number of halogens is 3. The second-order valence-electron chi connectivity index (χ2n) is 5.88. The minimum Gasteiger partial charge on any atom is -0.404 e. The number of rotatable bonds is 3. The van der Waals surface area contributed by atoms with E-state index in [-0.39, 0.29) is 10.9 Å². The first-order valence-corrected chi connectivity index (χ1v) is 7.63. The van der Waals surface area contributed by atoms with Crippen molar-refractivity contribution in [2.45, 2.75) is 20.0 Å². The van der Waals surface area contributed by atoms with Crippen molar-refractivity contribution in [3.8, 4) is 11.1 Å². The van der Waals surface area contributed by atoms with Crippen molar-refractivity contribution in [3.05, 3.63) is 58.0 Å². The van der Waals surface area contributed by atoms with Gasteiger partial charge in [0, 0.05) is 22.7 Å². The third kappa shape index (κ3) is 3.84. The van der Waals surface area contributed by atoms with Crippen LogP contribution in [0.15, 0.2) is 36.4 Å². The molecule has 0 aliphatic heterocycles. The van der Waals surface area contributed by atoms with E-state index in [4.69, 9.17) is 11.5 Å². The van der Waals surface area contributed by atoms with Crippen LogP contribution in [0, 0.1) is 12.8 Å². The Balaban J connectivity index is 2.68. The summed E-state index contributed by atoms with van der Waals surface area (Å²) in [4.78, 5) is 11.0. The molecule has 3 nitrogen and oxygen atoms in total. The Kier molecular flexibility index (Phi) is 5.21. The molecule has 0 saturated heterocycles. The molecule has 0 amide bonds. The summed E-state index contributed by atoms with van der Waals surface area (Å²) in [5.74, 6) is -1.78. The van der Waals surface area contributed by atoms with E-state index in [9.17, 15) is 18.0 Å². The highest BCUT2D eigenvalue weighted by atomic mass is 19.4. The van der Waals surface area contributed by atoms with Crippen LogP contribution in [0.1, 0.15) is 22.8 Å². The van der Waals surface area contributed by atoms with E-state index >= 15 is 0 Å². The van der Waals surface area contributed by atoms with Crippen molar-refractivity contribution in [1.82, 2.24) is 0 Å². The highest BCUT2D eigenvalue weighted by Gasteiger charge is 2.37. The minimum atomic E-state index is -4.43. The number of alkyl halides is 3. The van der Waals surface area contributed by atoms with Gasteiger partial charge in [-0.05, 0) is 47.9 Å². The molecule has 1 unspecified atom stereocenters. The number of aryl methyl sites for hydroxylation is 1. The van der Waals surface area contributed by atoms with Crippen molar-refractivity contribution >= 4 is 18.2 Å². The van der Waals surface area contributed by atoms with Crippen LogP contribution in [-0.2, 0) is 0 Å². The van der Waals surface area contributed by atoms with Gasteiger partial charge in [-0.1, -0.05) is 24.3 Å². The Morgan fingerprint density at radius 3 is 2.40 bits per heavy atom. The summed E-state index contributed by atoms with van der Waals surface area (Å²) >= 11 is 0. The zero-order valence-corrected chi connectivity index (χ0v) is 13.9. The fraction of sp³-hybridized carbons (Fsp3) is 0.211. The van der Waals surface area contributed by atoms with Gasteiger partial charge in [-0.15, -0.1) is 0 Å². The van der Waals surface area contributed by atoms with Crippen molar-refractivity contribution in [2.24, 2.45) is 17.4 Å². The predicted molar refractivity (Wildman–Crippen MR) is 92.7 cm³/mol. The predicted octanol–water partition coefficient (Wildman–Crippen LogP) is 2.44. The van der Waals surface area contributed by atoms with Gasteiger partial charge in [-0.2, -0.15) is 13.2 Å². The zero-order valence-electron chi connectivity index (χ0n) is 13.9. The lowest BCUT2D eigenvalue weighted by Gasteiger charge is -2.16. The Labute approximate surface area is 143 Å². The van der Waals surface area contributed by atoms with Crippen LogP contribution in [0.5, 0.6) is 0 Å². The largest absolute Gasteiger partial charge is 0.404 e. The number of hydrogen-bond acceptors (Lipinski definition) is 3. The number of carbonyl (C=O) groups is 1. The topological polar surface area (TPSA) is 69.1 Å². The van der Waals surface area contributed by atoms with Gasteiger partial charge >= 0.3 is 6.18 Å². The lowest BCUT2D eigenvalue weighted by Crippen LogP contribution is -2.37. The average Bonchev–Trinajstić information content (AvgIpc) is 2.59. The lowest BCUT2D eigenvalue weighted by atomic mass is 9.96. The molecular weight excluding hydrogens is 329 g/mol. The minimum absolute atomic E-state index is 0.250. The quantitative estimate of drug-likeness (QED) is 0.837. The van der Waals surface area contributed by atoms with Crippen LogP contribution in [0.3, 0.4) is 0 Å². The first kappa shape index (κ1) is 18.6. The van der Waals surface area contributed by atoms with E-state index in [1.165, 1.54) is 12.3 Å². The molecule has 4 N–H and O–H groups in total. The monoisotopic (exact) mass is 348 g/mol. The molecule has 0 aliphatic carbocycles. The van der Waals surface area contributed by atoms with Gasteiger partial charge in [0.1, 0.15) is 6.29 Å². The number of benzene rings is 2.